The summed E-state index contributed by atoms with van der Waals surface area (Å²) < 4.78 is 1.96. The fourth-order valence-electron chi connectivity index (χ4n) is 3.24. The molecule has 0 saturated carbocycles. The van der Waals surface area contributed by atoms with Gasteiger partial charge in [-0.1, -0.05) is 0 Å². The molecule has 2 aromatic heterocycles. The Bertz CT molecular complexity index is 701. The Morgan fingerprint density at radius 3 is 2.91 bits per heavy atom. The third-order valence-corrected chi connectivity index (χ3v) is 5.66. The average Bonchev–Trinajstić information content (AvgIpc) is 3.02. The lowest BCUT2D eigenvalue weighted by molar-refractivity contribution is 0.0773. The summed E-state index contributed by atoms with van der Waals surface area (Å²) in [6.07, 6.45) is 3.47. The molecule has 2 aromatic rings. The molecule has 0 spiro atoms. The molecule has 1 unspecified atom stereocenters. The second-order valence-corrected chi connectivity index (χ2v) is 7.52. The van der Waals surface area contributed by atoms with E-state index in [9.17, 15) is 4.79 Å². The van der Waals surface area contributed by atoms with E-state index in [1.807, 2.05) is 54.0 Å². The number of rotatable bonds is 3. The predicted octanol–water partition coefficient (Wildman–Crippen LogP) is 3.29. The number of hydrogen-bond donors (Lipinski definition) is 0. The zero-order chi connectivity index (χ0) is 15.9. The third kappa shape index (κ3) is 2.70. The predicted molar refractivity (Wildman–Crippen MR) is 89.6 cm³/mol. The summed E-state index contributed by atoms with van der Waals surface area (Å²) in [5.41, 5.74) is 3.09. The first kappa shape index (κ1) is 15.3. The van der Waals surface area contributed by atoms with Gasteiger partial charge in [0.25, 0.3) is 5.91 Å². The molecule has 1 aliphatic carbocycles. The van der Waals surface area contributed by atoms with Crippen molar-refractivity contribution in [2.45, 2.75) is 39.0 Å². The minimum atomic E-state index is 0.0923. The van der Waals surface area contributed by atoms with Gasteiger partial charge in [0.1, 0.15) is 5.69 Å². The lowest BCUT2D eigenvalue weighted by Crippen LogP contribution is -2.33. The van der Waals surface area contributed by atoms with Crippen molar-refractivity contribution in [2.24, 2.45) is 7.05 Å². The lowest BCUT2D eigenvalue weighted by Gasteiger charge is -2.26. The molecule has 0 fully saturated rings. The van der Waals surface area contributed by atoms with Gasteiger partial charge in [0, 0.05) is 37.1 Å². The fraction of sp³-hybridized carbons (Fsp3) is 0.529. The van der Waals surface area contributed by atoms with Crippen molar-refractivity contribution in [2.75, 3.05) is 13.6 Å². The SMILES string of the molecule is Cc1nc2c(s1)CCCC2CN(C)C(=O)c1ccc(C)n1C. The topological polar surface area (TPSA) is 38.1 Å². The van der Waals surface area contributed by atoms with Gasteiger partial charge >= 0.3 is 0 Å². The standard InChI is InChI=1S/C17H23N3OS/c1-11-8-9-14(20(11)4)17(21)19(3)10-13-6-5-7-15-16(13)18-12(2)22-15/h8-9,13H,5-7,10H2,1-4H3. The van der Waals surface area contributed by atoms with Gasteiger partial charge < -0.3 is 9.47 Å². The smallest absolute Gasteiger partial charge is 0.270 e. The van der Waals surface area contributed by atoms with Crippen molar-refractivity contribution in [1.29, 1.82) is 0 Å². The molecule has 0 radical (unpaired) electrons. The van der Waals surface area contributed by atoms with E-state index in [-0.39, 0.29) is 5.91 Å². The minimum Gasteiger partial charge on any atom is -0.344 e. The number of carbonyl (C=O) groups excluding carboxylic acids is 1. The molecule has 118 valence electrons. The number of nitrogens with zero attached hydrogens (tertiary/aromatic N) is 3. The Labute approximate surface area is 135 Å². The molecule has 1 amide bonds. The third-order valence-electron chi connectivity index (χ3n) is 4.61. The van der Waals surface area contributed by atoms with E-state index in [4.69, 9.17) is 4.98 Å². The van der Waals surface area contributed by atoms with Gasteiger partial charge in [0.15, 0.2) is 0 Å². The second-order valence-electron chi connectivity index (χ2n) is 6.24. The number of hydrogen-bond acceptors (Lipinski definition) is 3. The monoisotopic (exact) mass is 317 g/mol. The first-order valence-corrected chi connectivity index (χ1v) is 8.63. The molecule has 0 aliphatic heterocycles. The van der Waals surface area contributed by atoms with Crippen LogP contribution >= 0.6 is 11.3 Å². The van der Waals surface area contributed by atoms with Crippen LogP contribution in [0.5, 0.6) is 0 Å². The van der Waals surface area contributed by atoms with E-state index in [0.29, 0.717) is 5.92 Å². The van der Waals surface area contributed by atoms with E-state index in [1.165, 1.54) is 17.0 Å². The molecule has 22 heavy (non-hydrogen) atoms. The second kappa shape index (κ2) is 5.88. The van der Waals surface area contributed by atoms with Gasteiger partial charge in [-0.05, 0) is 45.2 Å². The largest absolute Gasteiger partial charge is 0.344 e. The number of thiazole rings is 1. The van der Waals surface area contributed by atoms with Crippen LogP contribution in [0.25, 0.3) is 0 Å². The van der Waals surface area contributed by atoms with Crippen LogP contribution in [-0.2, 0) is 13.5 Å². The van der Waals surface area contributed by atoms with Crippen molar-refractivity contribution in [3.05, 3.63) is 39.1 Å². The van der Waals surface area contributed by atoms with Gasteiger partial charge in [-0.2, -0.15) is 0 Å². The van der Waals surface area contributed by atoms with Crippen LogP contribution < -0.4 is 0 Å². The normalized spacial score (nSPS) is 17.4. The fourth-order valence-corrected chi connectivity index (χ4v) is 4.31. The summed E-state index contributed by atoms with van der Waals surface area (Å²) in [7, 11) is 3.84. The summed E-state index contributed by atoms with van der Waals surface area (Å²) in [6, 6.07) is 3.90. The van der Waals surface area contributed by atoms with Crippen LogP contribution in [0.4, 0.5) is 0 Å². The summed E-state index contributed by atoms with van der Waals surface area (Å²) in [5, 5.41) is 1.14. The Balaban J connectivity index is 1.76. The van der Waals surface area contributed by atoms with E-state index >= 15 is 0 Å². The summed E-state index contributed by atoms with van der Waals surface area (Å²) in [6.45, 7) is 4.84. The number of carbonyl (C=O) groups is 1. The van der Waals surface area contributed by atoms with E-state index in [0.717, 1.165) is 35.8 Å². The maximum Gasteiger partial charge on any atom is 0.270 e. The van der Waals surface area contributed by atoms with Crippen LogP contribution in [0.2, 0.25) is 0 Å². The molecule has 3 rings (SSSR count). The maximum absolute atomic E-state index is 12.7. The van der Waals surface area contributed by atoms with Gasteiger partial charge in [-0.25, -0.2) is 4.98 Å². The van der Waals surface area contributed by atoms with Crippen LogP contribution in [0.3, 0.4) is 0 Å². The van der Waals surface area contributed by atoms with Crippen LogP contribution in [0.1, 0.15) is 50.5 Å². The van der Waals surface area contributed by atoms with Gasteiger partial charge in [-0.3, -0.25) is 4.79 Å². The molecule has 5 heteroatoms. The molecular weight excluding hydrogens is 294 g/mol. The Kier molecular flexibility index (Phi) is 4.08. The summed E-state index contributed by atoms with van der Waals surface area (Å²) in [5.74, 6) is 0.471. The van der Waals surface area contributed by atoms with Crippen LogP contribution in [0.15, 0.2) is 12.1 Å². The van der Waals surface area contributed by atoms with Crippen molar-refractivity contribution in [3.8, 4) is 0 Å². The number of fused-ring (bicyclic) bond motifs is 1. The molecule has 0 N–H and O–H groups in total. The van der Waals surface area contributed by atoms with Crippen LogP contribution in [-0.4, -0.2) is 34.0 Å². The Morgan fingerprint density at radius 1 is 1.45 bits per heavy atom. The first-order valence-electron chi connectivity index (χ1n) is 7.81. The van der Waals surface area contributed by atoms with Crippen molar-refractivity contribution in [3.63, 3.8) is 0 Å². The molecule has 0 aromatic carbocycles. The first-order chi connectivity index (χ1) is 10.5. The summed E-state index contributed by atoms with van der Waals surface area (Å²) >= 11 is 1.81. The maximum atomic E-state index is 12.7. The Morgan fingerprint density at radius 2 is 2.23 bits per heavy atom. The summed E-state index contributed by atoms with van der Waals surface area (Å²) in [4.78, 5) is 20.6. The molecule has 0 bridgehead atoms. The molecule has 1 aliphatic rings. The van der Waals surface area contributed by atoms with Gasteiger partial charge in [0.05, 0.1) is 10.7 Å². The van der Waals surface area contributed by atoms with E-state index in [1.54, 1.807) is 0 Å². The highest BCUT2D eigenvalue weighted by Gasteiger charge is 2.27. The van der Waals surface area contributed by atoms with E-state index in [2.05, 4.69) is 6.92 Å². The van der Waals surface area contributed by atoms with Crippen molar-refractivity contribution in [1.82, 2.24) is 14.5 Å². The Hall–Kier alpha value is -1.62. The number of aromatic nitrogens is 2. The molecular formula is C17H23N3OS. The quantitative estimate of drug-likeness (QED) is 0.871. The number of likely N-dealkylation sites (N-methyl/N-ethyl adjacent to an activating group) is 1. The lowest BCUT2D eigenvalue weighted by atomic mass is 9.90. The highest BCUT2D eigenvalue weighted by atomic mass is 32.1. The van der Waals surface area contributed by atoms with Gasteiger partial charge in [0.2, 0.25) is 0 Å². The average molecular weight is 317 g/mol. The van der Waals surface area contributed by atoms with Crippen molar-refractivity contribution < 1.29 is 4.79 Å². The van der Waals surface area contributed by atoms with Gasteiger partial charge in [-0.15, -0.1) is 11.3 Å². The zero-order valence-corrected chi connectivity index (χ0v) is 14.5. The minimum absolute atomic E-state index is 0.0923. The molecule has 4 nitrogen and oxygen atoms in total. The number of amides is 1. The zero-order valence-electron chi connectivity index (χ0n) is 13.7. The molecule has 1 atom stereocenters. The molecule has 2 heterocycles. The van der Waals surface area contributed by atoms with Crippen molar-refractivity contribution >= 4 is 17.2 Å². The van der Waals surface area contributed by atoms with Crippen LogP contribution in [0, 0.1) is 13.8 Å². The highest BCUT2D eigenvalue weighted by molar-refractivity contribution is 7.11. The number of aryl methyl sites for hydroxylation is 3. The van der Waals surface area contributed by atoms with E-state index < -0.39 is 0 Å². The highest BCUT2D eigenvalue weighted by Crippen LogP contribution is 2.35. The molecule has 0 saturated heterocycles.